The summed E-state index contributed by atoms with van der Waals surface area (Å²) in [7, 11) is 2.14. The Morgan fingerprint density at radius 3 is 2.65 bits per heavy atom. The molecule has 0 N–H and O–H groups in total. The van der Waals surface area contributed by atoms with Gasteiger partial charge in [-0.3, -0.25) is 4.90 Å². The molecule has 0 aliphatic carbocycles. The number of benzene rings is 1. The molecule has 0 saturated carbocycles. The first-order valence-electron chi connectivity index (χ1n) is 7.76. The molecular weight excluding hydrogens is 306 g/mol. The van der Waals surface area contributed by atoms with E-state index in [2.05, 4.69) is 70.5 Å². The SMILES string of the molecule is CCc1nc(CN(C)[C@H](C)c2ccc(-n3cncn3)cc2)cs1. The molecule has 2 heterocycles. The minimum Gasteiger partial charge on any atom is -0.294 e. The minimum atomic E-state index is 0.326. The second kappa shape index (κ2) is 7.02. The van der Waals surface area contributed by atoms with Gasteiger partial charge in [-0.05, 0) is 38.1 Å². The summed E-state index contributed by atoms with van der Waals surface area (Å²) in [6.45, 7) is 5.23. The fraction of sp³-hybridized carbons (Fsp3) is 0.353. The van der Waals surface area contributed by atoms with Crippen LogP contribution in [-0.2, 0) is 13.0 Å². The first-order chi connectivity index (χ1) is 11.2. The van der Waals surface area contributed by atoms with E-state index in [-0.39, 0.29) is 0 Å². The Hall–Kier alpha value is -2.05. The smallest absolute Gasteiger partial charge is 0.138 e. The molecule has 0 saturated heterocycles. The Morgan fingerprint density at radius 2 is 2.04 bits per heavy atom. The van der Waals surface area contributed by atoms with Gasteiger partial charge in [0.05, 0.1) is 16.4 Å². The predicted octanol–water partition coefficient (Wildman–Crippen LogP) is 3.48. The molecule has 5 nitrogen and oxygen atoms in total. The fourth-order valence-corrected chi connectivity index (χ4v) is 3.21. The van der Waals surface area contributed by atoms with Crippen molar-refractivity contribution in [1.82, 2.24) is 24.6 Å². The zero-order valence-corrected chi connectivity index (χ0v) is 14.5. The highest BCUT2D eigenvalue weighted by Gasteiger charge is 2.13. The summed E-state index contributed by atoms with van der Waals surface area (Å²) in [5.74, 6) is 0. The zero-order valence-electron chi connectivity index (χ0n) is 13.7. The van der Waals surface area contributed by atoms with Gasteiger partial charge in [0.2, 0.25) is 0 Å². The molecule has 23 heavy (non-hydrogen) atoms. The third-order valence-corrected chi connectivity index (χ3v) is 5.08. The van der Waals surface area contributed by atoms with E-state index in [1.807, 2.05) is 0 Å². The van der Waals surface area contributed by atoms with Gasteiger partial charge in [0.1, 0.15) is 12.7 Å². The maximum Gasteiger partial charge on any atom is 0.138 e. The van der Waals surface area contributed by atoms with Crippen molar-refractivity contribution in [2.75, 3.05) is 7.05 Å². The molecule has 1 aromatic carbocycles. The number of aromatic nitrogens is 4. The molecule has 0 bridgehead atoms. The molecule has 0 aliphatic heterocycles. The number of rotatable bonds is 6. The van der Waals surface area contributed by atoms with Crippen LogP contribution in [0.1, 0.15) is 36.2 Å². The summed E-state index contributed by atoms with van der Waals surface area (Å²) in [6.07, 6.45) is 4.26. The zero-order chi connectivity index (χ0) is 16.2. The van der Waals surface area contributed by atoms with Crippen molar-refractivity contribution < 1.29 is 0 Å². The largest absolute Gasteiger partial charge is 0.294 e. The Labute approximate surface area is 140 Å². The van der Waals surface area contributed by atoms with E-state index in [0.29, 0.717) is 6.04 Å². The maximum absolute atomic E-state index is 4.65. The molecule has 3 rings (SSSR count). The van der Waals surface area contributed by atoms with Gasteiger partial charge in [-0.2, -0.15) is 5.10 Å². The molecule has 1 atom stereocenters. The summed E-state index contributed by atoms with van der Waals surface area (Å²) in [6, 6.07) is 8.78. The van der Waals surface area contributed by atoms with E-state index in [1.165, 1.54) is 10.6 Å². The molecule has 0 unspecified atom stereocenters. The third kappa shape index (κ3) is 3.65. The minimum absolute atomic E-state index is 0.326. The molecule has 3 aromatic rings. The van der Waals surface area contributed by atoms with Gasteiger partial charge < -0.3 is 0 Å². The average Bonchev–Trinajstić information content (AvgIpc) is 3.26. The topological polar surface area (TPSA) is 46.8 Å². The lowest BCUT2D eigenvalue weighted by Gasteiger charge is -2.24. The molecule has 0 aliphatic rings. The van der Waals surface area contributed by atoms with Crippen LogP contribution in [-0.4, -0.2) is 31.7 Å². The molecule has 6 heteroatoms. The standard InChI is InChI=1S/C17H21N5S/c1-4-17-20-15(10-23-17)9-21(3)13(2)14-5-7-16(8-6-14)22-12-18-11-19-22/h5-8,10-13H,4,9H2,1-3H3/t13-/m1/s1. The summed E-state index contributed by atoms with van der Waals surface area (Å²) < 4.78 is 1.76. The van der Waals surface area contributed by atoms with Crippen molar-refractivity contribution in [3.63, 3.8) is 0 Å². The molecule has 2 aromatic heterocycles. The van der Waals surface area contributed by atoms with E-state index >= 15 is 0 Å². The van der Waals surface area contributed by atoms with Crippen LogP contribution in [0.25, 0.3) is 5.69 Å². The van der Waals surface area contributed by atoms with E-state index in [1.54, 1.807) is 28.7 Å². The Morgan fingerprint density at radius 1 is 1.26 bits per heavy atom. The van der Waals surface area contributed by atoms with Gasteiger partial charge in [0.15, 0.2) is 0 Å². The highest BCUT2D eigenvalue weighted by molar-refractivity contribution is 7.09. The molecule has 0 amide bonds. The van der Waals surface area contributed by atoms with Crippen LogP contribution < -0.4 is 0 Å². The second-order valence-corrected chi connectivity index (χ2v) is 6.55. The Bertz CT molecular complexity index is 733. The maximum atomic E-state index is 4.65. The summed E-state index contributed by atoms with van der Waals surface area (Å²) in [5, 5.41) is 7.52. The van der Waals surface area contributed by atoms with Crippen LogP contribution in [0.2, 0.25) is 0 Å². The summed E-state index contributed by atoms with van der Waals surface area (Å²) >= 11 is 1.75. The first-order valence-corrected chi connectivity index (χ1v) is 8.64. The fourth-order valence-electron chi connectivity index (χ4n) is 2.48. The normalized spacial score (nSPS) is 12.7. The van der Waals surface area contributed by atoms with Crippen molar-refractivity contribution in [1.29, 1.82) is 0 Å². The predicted molar refractivity (Wildman–Crippen MR) is 92.7 cm³/mol. The monoisotopic (exact) mass is 327 g/mol. The second-order valence-electron chi connectivity index (χ2n) is 5.61. The molecular formula is C17H21N5S. The molecule has 0 spiro atoms. The van der Waals surface area contributed by atoms with Crippen LogP contribution in [0.5, 0.6) is 0 Å². The lowest BCUT2D eigenvalue weighted by Crippen LogP contribution is -2.22. The molecule has 0 radical (unpaired) electrons. The van der Waals surface area contributed by atoms with Gasteiger partial charge in [-0.25, -0.2) is 14.6 Å². The van der Waals surface area contributed by atoms with Crippen LogP contribution in [0.4, 0.5) is 0 Å². The van der Waals surface area contributed by atoms with E-state index in [4.69, 9.17) is 0 Å². The van der Waals surface area contributed by atoms with Gasteiger partial charge in [-0.1, -0.05) is 19.1 Å². The van der Waals surface area contributed by atoms with Crippen molar-refractivity contribution in [3.05, 3.63) is 58.6 Å². The highest BCUT2D eigenvalue weighted by atomic mass is 32.1. The number of hydrogen-bond donors (Lipinski definition) is 0. The highest BCUT2D eigenvalue weighted by Crippen LogP contribution is 2.22. The first kappa shape index (κ1) is 15.8. The van der Waals surface area contributed by atoms with Gasteiger partial charge >= 0.3 is 0 Å². The lowest BCUT2D eigenvalue weighted by atomic mass is 10.1. The van der Waals surface area contributed by atoms with Gasteiger partial charge in [0, 0.05) is 18.0 Å². The number of aryl methyl sites for hydroxylation is 1. The van der Waals surface area contributed by atoms with Crippen LogP contribution in [0, 0.1) is 0 Å². The Balaban J connectivity index is 1.68. The molecule has 120 valence electrons. The summed E-state index contributed by atoms with van der Waals surface area (Å²) in [4.78, 5) is 10.9. The van der Waals surface area contributed by atoms with Gasteiger partial charge in [-0.15, -0.1) is 11.3 Å². The van der Waals surface area contributed by atoms with Gasteiger partial charge in [0.25, 0.3) is 0 Å². The van der Waals surface area contributed by atoms with Crippen molar-refractivity contribution in [2.45, 2.75) is 32.9 Å². The van der Waals surface area contributed by atoms with E-state index in [9.17, 15) is 0 Å². The Kier molecular flexibility index (Phi) is 4.83. The van der Waals surface area contributed by atoms with E-state index < -0.39 is 0 Å². The van der Waals surface area contributed by atoms with Crippen LogP contribution >= 0.6 is 11.3 Å². The number of thiazole rings is 1. The van der Waals surface area contributed by atoms with E-state index in [0.717, 1.165) is 24.3 Å². The third-order valence-electron chi connectivity index (χ3n) is 4.03. The average molecular weight is 327 g/mol. The van der Waals surface area contributed by atoms with Crippen molar-refractivity contribution in [3.8, 4) is 5.69 Å². The lowest BCUT2D eigenvalue weighted by molar-refractivity contribution is 0.250. The quantitative estimate of drug-likeness (QED) is 0.695. The number of nitrogens with zero attached hydrogens (tertiary/aromatic N) is 5. The van der Waals surface area contributed by atoms with Crippen LogP contribution in [0.3, 0.4) is 0 Å². The van der Waals surface area contributed by atoms with Crippen molar-refractivity contribution in [2.24, 2.45) is 0 Å². The summed E-state index contributed by atoms with van der Waals surface area (Å²) in [5.41, 5.74) is 3.45. The van der Waals surface area contributed by atoms with Crippen molar-refractivity contribution >= 4 is 11.3 Å². The molecule has 0 fully saturated rings. The number of hydrogen-bond acceptors (Lipinski definition) is 5. The van der Waals surface area contributed by atoms with Crippen LogP contribution in [0.15, 0.2) is 42.3 Å².